The summed E-state index contributed by atoms with van der Waals surface area (Å²) in [5.41, 5.74) is 3.78. The molecule has 1 atom stereocenters. The lowest BCUT2D eigenvalue weighted by Gasteiger charge is -2.15. The van der Waals surface area contributed by atoms with Crippen molar-refractivity contribution in [1.82, 2.24) is 5.32 Å². The van der Waals surface area contributed by atoms with Gasteiger partial charge in [-0.15, -0.1) is 11.3 Å². The molecule has 0 radical (unpaired) electrons. The minimum Gasteiger partial charge on any atom is -0.346 e. The summed E-state index contributed by atoms with van der Waals surface area (Å²) in [5.74, 6) is 0. The first-order valence-electron chi connectivity index (χ1n) is 7.76. The Kier molecular flexibility index (Phi) is 4.93. The largest absolute Gasteiger partial charge is 0.346 e. The van der Waals surface area contributed by atoms with Gasteiger partial charge in [0.05, 0.1) is 13.2 Å². The van der Waals surface area contributed by atoms with E-state index >= 15 is 0 Å². The van der Waals surface area contributed by atoms with Gasteiger partial charge in [-0.25, -0.2) is 0 Å². The van der Waals surface area contributed by atoms with Crippen LogP contribution in [0.2, 0.25) is 0 Å². The molecule has 1 aromatic heterocycles. The van der Waals surface area contributed by atoms with Gasteiger partial charge < -0.3 is 14.8 Å². The second-order valence-electron chi connectivity index (χ2n) is 5.79. The van der Waals surface area contributed by atoms with E-state index in [1.54, 1.807) is 0 Å². The Labute approximate surface area is 136 Å². The predicted octanol–water partition coefficient (Wildman–Crippen LogP) is 4.26. The molecule has 0 amide bonds. The van der Waals surface area contributed by atoms with Gasteiger partial charge in [0.2, 0.25) is 0 Å². The maximum Gasteiger partial charge on any atom is 0.184 e. The van der Waals surface area contributed by atoms with Gasteiger partial charge in [-0.1, -0.05) is 24.3 Å². The summed E-state index contributed by atoms with van der Waals surface area (Å²) >= 11 is 1.87. The number of thiophene rings is 1. The fraction of sp³-hybridized carbons (Fsp3) is 0.444. The van der Waals surface area contributed by atoms with E-state index in [1.807, 2.05) is 11.3 Å². The summed E-state index contributed by atoms with van der Waals surface area (Å²) in [6.07, 6.45) is -0.183. The highest BCUT2D eigenvalue weighted by molar-refractivity contribution is 7.12. The monoisotopic (exact) mass is 317 g/mol. The van der Waals surface area contributed by atoms with Crippen LogP contribution in [0.3, 0.4) is 0 Å². The first-order chi connectivity index (χ1) is 10.6. The molecule has 22 heavy (non-hydrogen) atoms. The molecule has 4 heteroatoms. The smallest absolute Gasteiger partial charge is 0.184 e. The second-order valence-corrected chi connectivity index (χ2v) is 7.25. The predicted molar refractivity (Wildman–Crippen MR) is 90.1 cm³/mol. The molecule has 1 aliphatic rings. The van der Waals surface area contributed by atoms with Crippen LogP contribution in [-0.4, -0.2) is 13.2 Å². The van der Waals surface area contributed by atoms with Crippen LogP contribution in [0.5, 0.6) is 0 Å². The average Bonchev–Trinajstić information content (AvgIpc) is 3.15. The number of hydrogen-bond donors (Lipinski definition) is 1. The topological polar surface area (TPSA) is 30.5 Å². The van der Waals surface area contributed by atoms with Gasteiger partial charge in [-0.05, 0) is 38.0 Å². The molecule has 0 bridgehead atoms. The van der Waals surface area contributed by atoms with E-state index in [0.717, 1.165) is 12.1 Å². The van der Waals surface area contributed by atoms with E-state index < -0.39 is 0 Å². The Morgan fingerprint density at radius 1 is 1.18 bits per heavy atom. The maximum absolute atomic E-state index is 5.51. The summed E-state index contributed by atoms with van der Waals surface area (Å²) in [5, 5.41) is 3.60. The molecule has 3 nitrogen and oxygen atoms in total. The Bertz CT molecular complexity index is 615. The molecule has 1 fully saturated rings. The maximum atomic E-state index is 5.51. The molecule has 0 saturated carbocycles. The molecule has 118 valence electrons. The summed E-state index contributed by atoms with van der Waals surface area (Å²) in [4.78, 5) is 2.78. The highest BCUT2D eigenvalue weighted by Gasteiger charge is 2.17. The van der Waals surface area contributed by atoms with Crippen LogP contribution >= 0.6 is 11.3 Å². The number of hydrogen-bond acceptors (Lipinski definition) is 4. The first kappa shape index (κ1) is 15.7. The second kappa shape index (κ2) is 6.92. The van der Waals surface area contributed by atoms with Gasteiger partial charge in [-0.3, -0.25) is 0 Å². The summed E-state index contributed by atoms with van der Waals surface area (Å²) in [7, 11) is 0. The van der Waals surface area contributed by atoms with E-state index in [9.17, 15) is 0 Å². The molecular formula is C18H23NO2S. The van der Waals surface area contributed by atoms with Crippen LogP contribution in [0.1, 0.15) is 45.7 Å². The van der Waals surface area contributed by atoms with E-state index in [0.29, 0.717) is 19.3 Å². The van der Waals surface area contributed by atoms with Gasteiger partial charge >= 0.3 is 0 Å². The van der Waals surface area contributed by atoms with Crippen molar-refractivity contribution in [1.29, 1.82) is 0 Å². The van der Waals surface area contributed by atoms with Crippen LogP contribution in [-0.2, 0) is 16.0 Å². The SMILES string of the molecule is Cc1cc([C@@H](C)NCc2ccc(C3OCCO3)cc2)c(C)s1. The van der Waals surface area contributed by atoms with Crippen LogP contribution in [0, 0.1) is 13.8 Å². The number of rotatable bonds is 5. The zero-order chi connectivity index (χ0) is 15.5. The van der Waals surface area contributed by atoms with E-state index in [1.165, 1.54) is 20.9 Å². The Morgan fingerprint density at radius 2 is 1.86 bits per heavy atom. The van der Waals surface area contributed by atoms with Gasteiger partial charge in [0.1, 0.15) is 0 Å². The van der Waals surface area contributed by atoms with Crippen molar-refractivity contribution in [2.24, 2.45) is 0 Å². The molecule has 1 aromatic carbocycles. The Morgan fingerprint density at radius 3 is 2.45 bits per heavy atom. The van der Waals surface area contributed by atoms with E-state index in [-0.39, 0.29) is 6.29 Å². The number of aryl methyl sites for hydroxylation is 2. The van der Waals surface area contributed by atoms with Gasteiger partial charge in [0.15, 0.2) is 6.29 Å². The number of nitrogens with one attached hydrogen (secondary N) is 1. The standard InChI is InChI=1S/C18H23NO2S/c1-12-10-17(14(3)22-12)13(2)19-11-15-4-6-16(7-5-15)18-20-8-9-21-18/h4-7,10,13,18-19H,8-9,11H2,1-3H3/t13-/m1/s1. The quantitative estimate of drug-likeness (QED) is 0.894. The van der Waals surface area contributed by atoms with E-state index in [4.69, 9.17) is 9.47 Å². The van der Waals surface area contributed by atoms with Crippen LogP contribution < -0.4 is 5.32 Å². The molecule has 0 aliphatic carbocycles. The van der Waals surface area contributed by atoms with Crippen LogP contribution in [0.4, 0.5) is 0 Å². The van der Waals surface area contributed by atoms with Gasteiger partial charge in [-0.2, -0.15) is 0 Å². The summed E-state index contributed by atoms with van der Waals surface area (Å²) in [6, 6.07) is 11.1. The van der Waals surface area contributed by atoms with Crippen molar-refractivity contribution in [2.75, 3.05) is 13.2 Å². The molecule has 1 N–H and O–H groups in total. The molecule has 2 aromatic rings. The lowest BCUT2D eigenvalue weighted by atomic mass is 10.1. The van der Waals surface area contributed by atoms with Crippen LogP contribution in [0.15, 0.2) is 30.3 Å². The Hall–Kier alpha value is -1.20. The average molecular weight is 317 g/mol. The summed E-state index contributed by atoms with van der Waals surface area (Å²) in [6.45, 7) is 8.82. The van der Waals surface area contributed by atoms with Crippen LogP contribution in [0.25, 0.3) is 0 Å². The lowest BCUT2D eigenvalue weighted by Crippen LogP contribution is -2.18. The van der Waals surface area contributed by atoms with E-state index in [2.05, 4.69) is 56.4 Å². The lowest BCUT2D eigenvalue weighted by molar-refractivity contribution is -0.0441. The third kappa shape index (κ3) is 3.58. The van der Waals surface area contributed by atoms with Crippen molar-refractivity contribution < 1.29 is 9.47 Å². The fourth-order valence-electron chi connectivity index (χ4n) is 2.80. The molecule has 3 rings (SSSR count). The highest BCUT2D eigenvalue weighted by Crippen LogP contribution is 2.27. The highest BCUT2D eigenvalue weighted by atomic mass is 32.1. The van der Waals surface area contributed by atoms with Crippen molar-refractivity contribution in [3.63, 3.8) is 0 Å². The third-order valence-electron chi connectivity index (χ3n) is 4.03. The number of ether oxygens (including phenoxy) is 2. The van der Waals surface area contributed by atoms with Crippen molar-refractivity contribution in [3.05, 3.63) is 56.8 Å². The minimum absolute atomic E-state index is 0.183. The normalized spacial score (nSPS) is 17.0. The first-order valence-corrected chi connectivity index (χ1v) is 8.57. The zero-order valence-corrected chi connectivity index (χ0v) is 14.2. The number of benzene rings is 1. The zero-order valence-electron chi connectivity index (χ0n) is 13.4. The minimum atomic E-state index is -0.183. The molecule has 2 heterocycles. The van der Waals surface area contributed by atoms with Gasteiger partial charge in [0, 0.05) is 27.9 Å². The van der Waals surface area contributed by atoms with Crippen molar-refractivity contribution in [2.45, 2.75) is 39.6 Å². The van der Waals surface area contributed by atoms with Crippen molar-refractivity contribution in [3.8, 4) is 0 Å². The third-order valence-corrected chi connectivity index (χ3v) is 5.01. The molecule has 1 saturated heterocycles. The summed E-state index contributed by atoms with van der Waals surface area (Å²) < 4.78 is 11.0. The molecular weight excluding hydrogens is 294 g/mol. The Balaban J connectivity index is 1.58. The van der Waals surface area contributed by atoms with Crippen molar-refractivity contribution >= 4 is 11.3 Å². The molecule has 0 spiro atoms. The fourth-order valence-corrected chi connectivity index (χ4v) is 3.83. The molecule has 1 aliphatic heterocycles. The molecule has 0 unspecified atom stereocenters. The van der Waals surface area contributed by atoms with Gasteiger partial charge in [0.25, 0.3) is 0 Å².